The Hall–Kier alpha value is -3.08. The van der Waals surface area contributed by atoms with E-state index >= 15 is 0 Å². The summed E-state index contributed by atoms with van der Waals surface area (Å²) in [5.74, 6) is -1.51. The second-order valence-electron chi connectivity index (χ2n) is 19.0. The first kappa shape index (κ1) is 68.9. The Morgan fingerprint density at radius 2 is 0.722 bits per heavy atom. The zero-order valence-electron chi connectivity index (χ0n) is 45.9. The second kappa shape index (κ2) is 54.2. The summed E-state index contributed by atoms with van der Waals surface area (Å²) >= 11 is 0. The zero-order valence-corrected chi connectivity index (χ0v) is 46.8. The van der Waals surface area contributed by atoms with Crippen molar-refractivity contribution in [2.45, 2.75) is 264 Å². The maximum Gasteiger partial charge on any atom is 0.472 e. The van der Waals surface area contributed by atoms with Crippen LogP contribution in [0.15, 0.2) is 72.9 Å². The first-order valence-corrected chi connectivity index (χ1v) is 30.3. The molecule has 0 saturated heterocycles. The lowest BCUT2D eigenvalue weighted by molar-refractivity contribution is -0.161. The molecule has 11 nitrogen and oxygen atoms in total. The van der Waals surface area contributed by atoms with Gasteiger partial charge in [0.2, 0.25) is 0 Å². The fourth-order valence-electron chi connectivity index (χ4n) is 7.80. The van der Waals surface area contributed by atoms with Crippen molar-refractivity contribution in [3.63, 3.8) is 0 Å². The number of carbonyl (C=O) groups excluding carboxylic acids is 3. The molecule has 0 aliphatic heterocycles. The van der Waals surface area contributed by atoms with Crippen LogP contribution in [0, 0.1) is 0 Å². The summed E-state index contributed by atoms with van der Waals surface area (Å²) in [5.41, 5.74) is 0. The van der Waals surface area contributed by atoms with Gasteiger partial charge in [-0.2, -0.15) is 0 Å². The molecule has 0 aromatic carbocycles. The number of esters is 3. The molecule has 72 heavy (non-hydrogen) atoms. The van der Waals surface area contributed by atoms with Gasteiger partial charge in [0.25, 0.3) is 0 Å². The van der Waals surface area contributed by atoms with Gasteiger partial charge in [0, 0.05) is 19.3 Å². The van der Waals surface area contributed by atoms with Gasteiger partial charge in [0.15, 0.2) is 6.10 Å². The number of rotatable bonds is 53. The molecule has 0 aliphatic carbocycles. The molecule has 12 heteroatoms. The van der Waals surface area contributed by atoms with E-state index < -0.39 is 57.8 Å². The first-order valence-electron chi connectivity index (χ1n) is 28.8. The van der Waals surface area contributed by atoms with Crippen LogP contribution in [0.25, 0.3) is 0 Å². The Kier molecular flexibility index (Phi) is 51.9. The minimum Gasteiger partial charge on any atom is -0.462 e. The summed E-state index contributed by atoms with van der Waals surface area (Å²) in [4.78, 5) is 48.5. The summed E-state index contributed by atoms with van der Waals surface area (Å²) in [7, 11) is -4.76. The lowest BCUT2D eigenvalue weighted by Crippen LogP contribution is -2.30. The van der Waals surface area contributed by atoms with Gasteiger partial charge in [0.1, 0.15) is 12.7 Å². The van der Waals surface area contributed by atoms with Crippen LogP contribution in [0.2, 0.25) is 0 Å². The van der Waals surface area contributed by atoms with Crippen LogP contribution in [0.4, 0.5) is 0 Å². The van der Waals surface area contributed by atoms with Crippen molar-refractivity contribution in [3.05, 3.63) is 72.9 Å². The molecular formula is C60H105O11P. The van der Waals surface area contributed by atoms with Crippen molar-refractivity contribution in [1.82, 2.24) is 0 Å². The van der Waals surface area contributed by atoms with Crippen molar-refractivity contribution < 1.29 is 52.2 Å². The number of carbonyl (C=O) groups is 3. The Bertz CT molecular complexity index is 1490. The van der Waals surface area contributed by atoms with Crippen molar-refractivity contribution in [1.29, 1.82) is 0 Å². The third kappa shape index (κ3) is 51.8. The van der Waals surface area contributed by atoms with E-state index in [1.807, 2.05) is 0 Å². The van der Waals surface area contributed by atoms with E-state index in [4.69, 9.17) is 23.3 Å². The van der Waals surface area contributed by atoms with Gasteiger partial charge in [-0.05, 0) is 83.5 Å². The molecule has 0 aromatic rings. The molecule has 0 spiro atoms. The molecule has 0 bridgehead atoms. The van der Waals surface area contributed by atoms with Crippen LogP contribution < -0.4 is 0 Å². The number of phosphoric acid groups is 1. The normalized spacial score (nSPS) is 13.9. The number of aliphatic hydroxyl groups excluding tert-OH is 1. The van der Waals surface area contributed by atoms with E-state index in [9.17, 15) is 28.9 Å². The van der Waals surface area contributed by atoms with Crippen molar-refractivity contribution in [2.24, 2.45) is 0 Å². The van der Waals surface area contributed by atoms with Gasteiger partial charge in [-0.3, -0.25) is 23.4 Å². The van der Waals surface area contributed by atoms with Crippen LogP contribution in [-0.2, 0) is 42.2 Å². The molecule has 0 aliphatic rings. The number of hydrogen-bond donors (Lipinski definition) is 2. The fraction of sp³-hybridized carbons (Fsp3) is 0.750. The molecular weight excluding hydrogens is 928 g/mol. The van der Waals surface area contributed by atoms with Gasteiger partial charge in [0.05, 0.1) is 19.8 Å². The van der Waals surface area contributed by atoms with E-state index in [1.165, 1.54) is 83.5 Å². The molecule has 0 saturated carbocycles. The average molecular weight is 1030 g/mol. The average Bonchev–Trinajstić information content (AvgIpc) is 3.37. The number of hydrogen-bond acceptors (Lipinski definition) is 10. The molecule has 0 rings (SSSR count). The minimum atomic E-state index is -4.76. The molecule has 0 amide bonds. The highest BCUT2D eigenvalue weighted by atomic mass is 31.2. The Morgan fingerprint density at radius 1 is 0.403 bits per heavy atom. The van der Waals surface area contributed by atoms with E-state index in [0.717, 1.165) is 109 Å². The van der Waals surface area contributed by atoms with Gasteiger partial charge in [-0.25, -0.2) is 4.57 Å². The maximum absolute atomic E-state index is 12.9. The molecule has 0 fully saturated rings. The zero-order chi connectivity index (χ0) is 52.7. The van der Waals surface area contributed by atoms with Gasteiger partial charge < -0.3 is 24.2 Å². The van der Waals surface area contributed by atoms with Gasteiger partial charge in [-0.15, -0.1) is 0 Å². The summed E-state index contributed by atoms with van der Waals surface area (Å²) < 4.78 is 39.5. The highest BCUT2D eigenvalue weighted by Crippen LogP contribution is 2.43. The molecule has 0 aromatic heterocycles. The number of phosphoric ester groups is 1. The van der Waals surface area contributed by atoms with Crippen LogP contribution in [0.1, 0.15) is 252 Å². The van der Waals surface area contributed by atoms with Crippen molar-refractivity contribution in [3.8, 4) is 0 Å². The monoisotopic (exact) mass is 1030 g/mol. The van der Waals surface area contributed by atoms with Crippen molar-refractivity contribution >= 4 is 25.7 Å². The molecule has 416 valence electrons. The molecule has 3 atom stereocenters. The Morgan fingerprint density at radius 3 is 1.12 bits per heavy atom. The predicted molar refractivity (Wildman–Crippen MR) is 298 cm³/mol. The third-order valence-electron chi connectivity index (χ3n) is 12.1. The number of allylic oxidation sites excluding steroid dienone is 12. The number of aliphatic hydroxyl groups is 1. The standard InChI is InChI=1S/C60H105O11P/c1-4-7-10-13-16-19-22-25-27-28-30-33-36-39-42-45-48-51-60(64)71-57(53-67-58(62)49-46-43-40-37-34-31-24-21-18-15-12-9-6-3)55-69-72(65,66)68-54-56(52-61)70-59(63)50-47-44-41-38-35-32-29-26-23-20-17-14-11-8-5-2/h8-9,11-12,17-18,20-21,26,29,31,34,56-57,61H,4-7,10,13-16,19,22-25,27-28,30,32-33,35-55H2,1-3H3,(H,65,66)/b11-8-,12-9-,20-17-,21-18-,29-26-,34-31-. The van der Waals surface area contributed by atoms with E-state index in [-0.39, 0.29) is 25.9 Å². The summed E-state index contributed by atoms with van der Waals surface area (Å²) in [6.45, 7) is 4.38. The smallest absolute Gasteiger partial charge is 0.462 e. The molecule has 2 N–H and O–H groups in total. The second-order valence-corrected chi connectivity index (χ2v) is 20.5. The van der Waals surface area contributed by atoms with Crippen LogP contribution in [-0.4, -0.2) is 66.5 Å². The number of ether oxygens (including phenoxy) is 3. The summed E-state index contributed by atoms with van der Waals surface area (Å²) in [6.07, 6.45) is 60.1. The molecule has 3 unspecified atom stereocenters. The van der Waals surface area contributed by atoms with Crippen LogP contribution in [0.3, 0.4) is 0 Å². The first-order chi connectivity index (χ1) is 35.2. The summed E-state index contributed by atoms with van der Waals surface area (Å²) in [5, 5.41) is 9.81. The Labute approximate surface area is 439 Å². The van der Waals surface area contributed by atoms with Gasteiger partial charge >= 0.3 is 25.7 Å². The number of unbranched alkanes of at least 4 members (excludes halogenated alkanes) is 24. The predicted octanol–water partition coefficient (Wildman–Crippen LogP) is 16.9. The van der Waals surface area contributed by atoms with Crippen molar-refractivity contribution in [2.75, 3.05) is 26.4 Å². The largest absolute Gasteiger partial charge is 0.472 e. The lowest BCUT2D eigenvalue weighted by Gasteiger charge is -2.21. The quantitative estimate of drug-likeness (QED) is 0.0197. The molecule has 0 radical (unpaired) electrons. The SMILES string of the molecule is CC/C=C\C/C=C\C/C=C\CCCCCCCC(=O)OC(CO)COP(=O)(O)OCC(COC(=O)CCCCC/C=C\C/C=C\C/C=C\CC)OC(=O)CCCCCCCCCCCCCCCCCCC. The topological polar surface area (TPSA) is 155 Å². The van der Waals surface area contributed by atoms with Crippen LogP contribution in [0.5, 0.6) is 0 Å². The summed E-state index contributed by atoms with van der Waals surface area (Å²) in [6, 6.07) is 0. The van der Waals surface area contributed by atoms with Gasteiger partial charge in [-0.1, -0.05) is 222 Å². The van der Waals surface area contributed by atoms with E-state index in [2.05, 4.69) is 93.7 Å². The third-order valence-corrected chi connectivity index (χ3v) is 13.1. The van der Waals surface area contributed by atoms with E-state index in [1.54, 1.807) is 0 Å². The van der Waals surface area contributed by atoms with E-state index in [0.29, 0.717) is 19.3 Å². The fourth-order valence-corrected chi connectivity index (χ4v) is 8.58. The highest BCUT2D eigenvalue weighted by Gasteiger charge is 2.28. The lowest BCUT2D eigenvalue weighted by atomic mass is 10.0. The minimum absolute atomic E-state index is 0.155. The van der Waals surface area contributed by atoms with Crippen LogP contribution >= 0.6 is 7.82 Å². The molecule has 0 heterocycles. The maximum atomic E-state index is 12.9. The Balaban J connectivity index is 4.73. The highest BCUT2D eigenvalue weighted by molar-refractivity contribution is 7.47.